The normalized spacial score (nSPS) is 10.4. The molecule has 144 valence electrons. The lowest BCUT2D eigenvalue weighted by atomic mass is 10.1. The van der Waals surface area contributed by atoms with Crippen LogP contribution in [0.4, 0.5) is 5.69 Å². The van der Waals surface area contributed by atoms with Gasteiger partial charge in [0.05, 0.1) is 6.61 Å². The van der Waals surface area contributed by atoms with E-state index >= 15 is 0 Å². The van der Waals surface area contributed by atoms with Gasteiger partial charge in [0.1, 0.15) is 6.61 Å². The monoisotopic (exact) mass is 396 g/mol. The zero-order valence-electron chi connectivity index (χ0n) is 15.7. The van der Waals surface area contributed by atoms with Gasteiger partial charge < -0.3 is 14.8 Å². The molecule has 0 aliphatic rings. The third-order valence-corrected chi connectivity index (χ3v) is 4.49. The van der Waals surface area contributed by atoms with Crippen LogP contribution in [0, 0.1) is 6.92 Å². The van der Waals surface area contributed by atoms with Gasteiger partial charge in [-0.3, -0.25) is 9.78 Å². The zero-order valence-corrected chi connectivity index (χ0v) is 16.5. The number of nitrogens with zero attached hydrogens (tertiary/aromatic N) is 1. The molecule has 0 saturated carbocycles. The Labute approximate surface area is 169 Å². The molecule has 0 atom stereocenters. The van der Waals surface area contributed by atoms with Crippen molar-refractivity contribution in [1.82, 2.24) is 4.98 Å². The molecule has 6 heteroatoms. The summed E-state index contributed by atoms with van der Waals surface area (Å²) in [6.07, 6.45) is 3.43. The predicted molar refractivity (Wildman–Crippen MR) is 110 cm³/mol. The number of ether oxygens (including phenoxy) is 2. The summed E-state index contributed by atoms with van der Waals surface area (Å²) in [6.45, 7) is 4.64. The minimum atomic E-state index is -0.249. The third-order valence-electron chi connectivity index (χ3n) is 4.08. The van der Waals surface area contributed by atoms with E-state index in [1.54, 1.807) is 36.7 Å². The largest absolute Gasteiger partial charge is 0.490 e. The Bertz CT molecular complexity index is 961. The smallest absolute Gasteiger partial charge is 0.255 e. The number of anilines is 1. The zero-order chi connectivity index (χ0) is 19.9. The number of carbonyl (C=O) groups excluding carboxylic acids is 1. The summed E-state index contributed by atoms with van der Waals surface area (Å²) >= 11 is 6.12. The molecule has 0 aliphatic heterocycles. The highest BCUT2D eigenvalue weighted by Gasteiger charge is 2.13. The Morgan fingerprint density at radius 1 is 1.04 bits per heavy atom. The molecule has 1 N–H and O–H groups in total. The van der Waals surface area contributed by atoms with E-state index in [-0.39, 0.29) is 5.91 Å². The number of aryl methyl sites for hydroxylation is 1. The lowest BCUT2D eigenvalue weighted by Crippen LogP contribution is -2.12. The Balaban J connectivity index is 1.75. The fraction of sp³-hybridized carbons (Fsp3) is 0.182. The van der Waals surface area contributed by atoms with Crippen LogP contribution in [0.2, 0.25) is 5.02 Å². The van der Waals surface area contributed by atoms with Gasteiger partial charge in [-0.05, 0) is 67.4 Å². The van der Waals surface area contributed by atoms with Crippen LogP contribution in [0.1, 0.15) is 28.4 Å². The predicted octanol–water partition coefficient (Wildman–Crippen LogP) is 5.27. The minimum absolute atomic E-state index is 0.249. The number of rotatable bonds is 7. The van der Waals surface area contributed by atoms with E-state index < -0.39 is 0 Å². The molecule has 1 aromatic heterocycles. The van der Waals surface area contributed by atoms with Crippen LogP contribution in [-0.2, 0) is 6.61 Å². The average molecular weight is 397 g/mol. The molecule has 0 aliphatic carbocycles. The van der Waals surface area contributed by atoms with Gasteiger partial charge in [0.2, 0.25) is 0 Å². The van der Waals surface area contributed by atoms with Crippen molar-refractivity contribution in [3.8, 4) is 11.5 Å². The lowest BCUT2D eigenvalue weighted by molar-refractivity contribution is 0.102. The fourth-order valence-electron chi connectivity index (χ4n) is 2.55. The number of amides is 1. The summed E-state index contributed by atoms with van der Waals surface area (Å²) < 4.78 is 11.5. The van der Waals surface area contributed by atoms with Crippen molar-refractivity contribution in [2.45, 2.75) is 20.5 Å². The minimum Gasteiger partial charge on any atom is -0.490 e. The summed E-state index contributed by atoms with van der Waals surface area (Å²) in [7, 11) is 0. The second-order valence-electron chi connectivity index (χ2n) is 6.16. The van der Waals surface area contributed by atoms with E-state index in [0.29, 0.717) is 41.0 Å². The van der Waals surface area contributed by atoms with Crippen LogP contribution >= 0.6 is 11.6 Å². The first-order valence-electron chi connectivity index (χ1n) is 8.93. The van der Waals surface area contributed by atoms with Gasteiger partial charge in [0, 0.05) is 28.7 Å². The molecule has 0 unspecified atom stereocenters. The molecule has 3 rings (SSSR count). The van der Waals surface area contributed by atoms with E-state index in [1.165, 1.54) is 0 Å². The molecule has 0 fully saturated rings. The molecule has 1 amide bonds. The van der Waals surface area contributed by atoms with Crippen molar-refractivity contribution in [1.29, 1.82) is 0 Å². The van der Waals surface area contributed by atoms with Crippen molar-refractivity contribution in [3.05, 3.63) is 82.6 Å². The SMILES string of the molecule is CCOc1cc(C(=O)Nc2ccc(C)c(Cl)c2)ccc1OCc1ccncc1. The van der Waals surface area contributed by atoms with Crippen LogP contribution in [0.5, 0.6) is 11.5 Å². The first kappa shape index (κ1) is 19.7. The Morgan fingerprint density at radius 2 is 1.82 bits per heavy atom. The van der Waals surface area contributed by atoms with Gasteiger partial charge in [0.15, 0.2) is 11.5 Å². The fourth-order valence-corrected chi connectivity index (χ4v) is 2.73. The molecule has 3 aromatic rings. The van der Waals surface area contributed by atoms with Crippen molar-refractivity contribution in [3.63, 3.8) is 0 Å². The van der Waals surface area contributed by atoms with Crippen LogP contribution in [-0.4, -0.2) is 17.5 Å². The Kier molecular flexibility index (Phi) is 6.50. The van der Waals surface area contributed by atoms with Gasteiger partial charge in [-0.2, -0.15) is 0 Å². The Morgan fingerprint density at radius 3 is 2.54 bits per heavy atom. The molecule has 0 bridgehead atoms. The summed E-state index contributed by atoms with van der Waals surface area (Å²) in [5.74, 6) is 0.848. The summed E-state index contributed by atoms with van der Waals surface area (Å²) in [5, 5.41) is 3.45. The van der Waals surface area contributed by atoms with Gasteiger partial charge in [-0.15, -0.1) is 0 Å². The standard InChI is InChI=1S/C22H21ClN2O3/c1-3-27-21-12-17(22(26)25-18-6-4-15(2)19(23)13-18)5-7-20(21)28-14-16-8-10-24-11-9-16/h4-13H,3,14H2,1-2H3,(H,25,26). The molecule has 5 nitrogen and oxygen atoms in total. The van der Waals surface area contributed by atoms with Crippen molar-refractivity contribution in [2.75, 3.05) is 11.9 Å². The van der Waals surface area contributed by atoms with Crippen LogP contribution < -0.4 is 14.8 Å². The highest BCUT2D eigenvalue weighted by atomic mass is 35.5. The number of nitrogens with one attached hydrogen (secondary N) is 1. The second-order valence-corrected chi connectivity index (χ2v) is 6.56. The van der Waals surface area contributed by atoms with E-state index in [9.17, 15) is 4.79 Å². The topological polar surface area (TPSA) is 60.5 Å². The first-order chi connectivity index (χ1) is 13.6. The maximum absolute atomic E-state index is 12.6. The lowest BCUT2D eigenvalue weighted by Gasteiger charge is -2.14. The molecule has 0 radical (unpaired) electrons. The van der Waals surface area contributed by atoms with E-state index in [1.807, 2.05) is 38.1 Å². The number of hydrogen-bond acceptors (Lipinski definition) is 4. The van der Waals surface area contributed by atoms with Crippen LogP contribution in [0.15, 0.2) is 60.9 Å². The number of carbonyl (C=O) groups is 1. The quantitative estimate of drug-likeness (QED) is 0.590. The van der Waals surface area contributed by atoms with Crippen molar-refractivity contribution >= 4 is 23.2 Å². The van der Waals surface area contributed by atoms with E-state index in [0.717, 1.165) is 11.1 Å². The highest BCUT2D eigenvalue weighted by molar-refractivity contribution is 6.31. The number of hydrogen-bond donors (Lipinski definition) is 1. The van der Waals surface area contributed by atoms with Gasteiger partial charge in [-0.25, -0.2) is 0 Å². The van der Waals surface area contributed by atoms with E-state index in [2.05, 4.69) is 10.3 Å². The van der Waals surface area contributed by atoms with E-state index in [4.69, 9.17) is 21.1 Å². The van der Waals surface area contributed by atoms with Crippen molar-refractivity contribution < 1.29 is 14.3 Å². The number of aromatic nitrogens is 1. The molecule has 28 heavy (non-hydrogen) atoms. The summed E-state index contributed by atoms with van der Waals surface area (Å²) in [4.78, 5) is 16.6. The molecule has 0 spiro atoms. The Hall–Kier alpha value is -3.05. The molecule has 2 aromatic carbocycles. The summed E-state index contributed by atoms with van der Waals surface area (Å²) in [6, 6.07) is 14.3. The van der Waals surface area contributed by atoms with Crippen LogP contribution in [0.3, 0.4) is 0 Å². The third kappa shape index (κ3) is 5.02. The van der Waals surface area contributed by atoms with Gasteiger partial charge in [-0.1, -0.05) is 17.7 Å². The molecular weight excluding hydrogens is 376 g/mol. The first-order valence-corrected chi connectivity index (χ1v) is 9.30. The van der Waals surface area contributed by atoms with Gasteiger partial charge in [0.25, 0.3) is 5.91 Å². The highest BCUT2D eigenvalue weighted by Crippen LogP contribution is 2.30. The van der Waals surface area contributed by atoms with Crippen molar-refractivity contribution in [2.24, 2.45) is 0 Å². The van der Waals surface area contributed by atoms with Crippen LogP contribution in [0.25, 0.3) is 0 Å². The molecule has 0 saturated heterocycles. The molecule has 1 heterocycles. The van der Waals surface area contributed by atoms with Gasteiger partial charge >= 0.3 is 0 Å². The average Bonchev–Trinajstić information content (AvgIpc) is 2.71. The number of pyridine rings is 1. The number of benzene rings is 2. The second kappa shape index (κ2) is 9.24. The maximum atomic E-state index is 12.6. The summed E-state index contributed by atoms with van der Waals surface area (Å²) in [5.41, 5.74) is 3.05. The molecular formula is C22H21ClN2O3. The maximum Gasteiger partial charge on any atom is 0.255 e. The number of halogens is 1.